The van der Waals surface area contributed by atoms with Gasteiger partial charge in [0, 0.05) is 17.7 Å². The van der Waals surface area contributed by atoms with Crippen molar-refractivity contribution in [3.05, 3.63) is 22.9 Å². The van der Waals surface area contributed by atoms with Crippen LogP contribution in [0.25, 0.3) is 0 Å². The van der Waals surface area contributed by atoms with Gasteiger partial charge in [-0.3, -0.25) is 0 Å². The molecule has 1 heterocycles. The highest BCUT2D eigenvalue weighted by Crippen LogP contribution is 2.27. The number of pyridine rings is 1. The molecule has 0 aliphatic rings. The van der Waals surface area contributed by atoms with Crippen LogP contribution >= 0.6 is 0 Å². The Morgan fingerprint density at radius 3 is 2.67 bits per heavy atom. The van der Waals surface area contributed by atoms with Crippen molar-refractivity contribution < 1.29 is 18.6 Å². The SMILES string of the molecule is COc1nc(CO)c(C(F)F)cc1CN. The van der Waals surface area contributed by atoms with Crippen LogP contribution in [0.5, 0.6) is 5.88 Å². The van der Waals surface area contributed by atoms with E-state index in [9.17, 15) is 8.78 Å². The third kappa shape index (κ3) is 2.40. The number of hydrogen-bond donors (Lipinski definition) is 2. The second kappa shape index (κ2) is 4.99. The summed E-state index contributed by atoms with van der Waals surface area (Å²) < 4.78 is 29.9. The van der Waals surface area contributed by atoms with E-state index in [1.165, 1.54) is 13.2 Å². The van der Waals surface area contributed by atoms with Gasteiger partial charge < -0.3 is 15.6 Å². The molecule has 0 aromatic carbocycles. The van der Waals surface area contributed by atoms with E-state index in [1.54, 1.807) is 0 Å². The molecule has 0 radical (unpaired) electrons. The Morgan fingerprint density at radius 1 is 1.60 bits per heavy atom. The maximum Gasteiger partial charge on any atom is 0.265 e. The van der Waals surface area contributed by atoms with Crippen molar-refractivity contribution in [3.63, 3.8) is 0 Å². The molecule has 0 fully saturated rings. The number of nitrogens with zero attached hydrogens (tertiary/aromatic N) is 1. The monoisotopic (exact) mass is 218 g/mol. The Kier molecular flexibility index (Phi) is 3.93. The summed E-state index contributed by atoms with van der Waals surface area (Å²) in [6.45, 7) is -0.498. The lowest BCUT2D eigenvalue weighted by molar-refractivity contribution is 0.145. The third-order valence-corrected chi connectivity index (χ3v) is 1.97. The second-order valence-corrected chi connectivity index (χ2v) is 2.86. The van der Waals surface area contributed by atoms with Crippen molar-refractivity contribution in [1.82, 2.24) is 4.98 Å². The number of aliphatic hydroxyl groups excluding tert-OH is 1. The summed E-state index contributed by atoms with van der Waals surface area (Å²) in [5.41, 5.74) is 5.36. The van der Waals surface area contributed by atoms with Crippen molar-refractivity contribution in [1.29, 1.82) is 0 Å². The Balaban J connectivity index is 3.27. The normalized spacial score (nSPS) is 10.8. The first-order valence-corrected chi connectivity index (χ1v) is 4.29. The van der Waals surface area contributed by atoms with E-state index in [4.69, 9.17) is 15.6 Å². The van der Waals surface area contributed by atoms with Gasteiger partial charge in [-0.1, -0.05) is 0 Å². The number of alkyl halides is 2. The van der Waals surface area contributed by atoms with Crippen LogP contribution in [-0.4, -0.2) is 17.2 Å². The van der Waals surface area contributed by atoms with Crippen LogP contribution in [-0.2, 0) is 13.2 Å². The fraction of sp³-hybridized carbons (Fsp3) is 0.444. The van der Waals surface area contributed by atoms with Crippen molar-refractivity contribution >= 4 is 0 Å². The third-order valence-electron chi connectivity index (χ3n) is 1.97. The van der Waals surface area contributed by atoms with Crippen LogP contribution in [0.1, 0.15) is 23.2 Å². The molecule has 15 heavy (non-hydrogen) atoms. The van der Waals surface area contributed by atoms with Gasteiger partial charge >= 0.3 is 0 Å². The van der Waals surface area contributed by atoms with E-state index in [0.717, 1.165) is 0 Å². The van der Waals surface area contributed by atoms with Gasteiger partial charge in [0.2, 0.25) is 5.88 Å². The number of aromatic nitrogens is 1. The van der Waals surface area contributed by atoms with Gasteiger partial charge in [0.15, 0.2) is 0 Å². The van der Waals surface area contributed by atoms with Gasteiger partial charge in [-0.15, -0.1) is 0 Å². The molecule has 84 valence electrons. The quantitative estimate of drug-likeness (QED) is 0.790. The summed E-state index contributed by atoms with van der Waals surface area (Å²) in [6, 6.07) is 1.21. The van der Waals surface area contributed by atoms with Gasteiger partial charge in [-0.25, -0.2) is 13.8 Å². The molecule has 0 saturated carbocycles. The Hall–Kier alpha value is -1.27. The van der Waals surface area contributed by atoms with Crippen LogP contribution in [0.3, 0.4) is 0 Å². The highest BCUT2D eigenvalue weighted by Gasteiger charge is 2.17. The van der Waals surface area contributed by atoms with Crippen molar-refractivity contribution in [3.8, 4) is 5.88 Å². The van der Waals surface area contributed by atoms with Crippen LogP contribution in [0.15, 0.2) is 6.07 Å². The lowest BCUT2D eigenvalue weighted by Gasteiger charge is -2.11. The minimum Gasteiger partial charge on any atom is -0.481 e. The summed E-state index contributed by atoms with van der Waals surface area (Å²) >= 11 is 0. The smallest absolute Gasteiger partial charge is 0.265 e. The van der Waals surface area contributed by atoms with E-state index in [1.807, 2.05) is 0 Å². The lowest BCUT2D eigenvalue weighted by atomic mass is 10.1. The van der Waals surface area contributed by atoms with Crippen LogP contribution in [0.4, 0.5) is 8.78 Å². The Morgan fingerprint density at radius 2 is 2.27 bits per heavy atom. The number of methoxy groups -OCH3 is 1. The number of hydrogen-bond acceptors (Lipinski definition) is 4. The van der Waals surface area contributed by atoms with Crippen LogP contribution < -0.4 is 10.5 Å². The maximum atomic E-state index is 12.5. The molecule has 0 bridgehead atoms. The topological polar surface area (TPSA) is 68.4 Å². The zero-order valence-corrected chi connectivity index (χ0v) is 8.20. The average Bonchev–Trinajstić information content (AvgIpc) is 2.26. The van der Waals surface area contributed by atoms with Gasteiger partial charge in [-0.2, -0.15) is 0 Å². The molecule has 0 spiro atoms. The van der Waals surface area contributed by atoms with Crippen molar-refractivity contribution in [2.24, 2.45) is 5.73 Å². The highest BCUT2D eigenvalue weighted by molar-refractivity contribution is 5.35. The predicted octanol–water partition coefficient (Wildman–Crippen LogP) is 0.979. The van der Waals surface area contributed by atoms with Gasteiger partial charge in [0.1, 0.15) is 0 Å². The molecule has 4 nitrogen and oxygen atoms in total. The molecule has 1 rings (SSSR count). The van der Waals surface area contributed by atoms with E-state index < -0.39 is 13.0 Å². The molecule has 0 saturated heterocycles. The molecule has 0 aliphatic heterocycles. The lowest BCUT2D eigenvalue weighted by Crippen LogP contribution is -2.07. The molecule has 0 atom stereocenters. The Labute approximate surface area is 85.7 Å². The first-order valence-electron chi connectivity index (χ1n) is 4.29. The fourth-order valence-electron chi connectivity index (χ4n) is 1.23. The van der Waals surface area contributed by atoms with Crippen LogP contribution in [0, 0.1) is 0 Å². The first-order chi connectivity index (χ1) is 7.13. The van der Waals surface area contributed by atoms with Gasteiger partial charge in [-0.05, 0) is 6.07 Å². The number of halogens is 2. The van der Waals surface area contributed by atoms with Crippen molar-refractivity contribution in [2.75, 3.05) is 7.11 Å². The average molecular weight is 218 g/mol. The summed E-state index contributed by atoms with van der Waals surface area (Å²) in [6.07, 6.45) is -2.68. The zero-order valence-electron chi connectivity index (χ0n) is 8.20. The minimum atomic E-state index is -2.68. The minimum absolute atomic E-state index is 0.0571. The maximum absolute atomic E-state index is 12.5. The van der Waals surface area contributed by atoms with E-state index in [-0.39, 0.29) is 23.7 Å². The predicted molar refractivity (Wildman–Crippen MR) is 49.6 cm³/mol. The number of nitrogens with two attached hydrogens (primary N) is 1. The van der Waals surface area contributed by atoms with Gasteiger partial charge in [0.05, 0.1) is 19.4 Å². The molecular weight excluding hydrogens is 206 g/mol. The van der Waals surface area contributed by atoms with Crippen molar-refractivity contribution in [2.45, 2.75) is 19.6 Å². The molecule has 0 unspecified atom stereocenters. The largest absolute Gasteiger partial charge is 0.481 e. The molecule has 1 aromatic rings. The number of rotatable bonds is 4. The summed E-state index contributed by atoms with van der Waals surface area (Å²) in [4.78, 5) is 3.77. The van der Waals surface area contributed by atoms with E-state index >= 15 is 0 Å². The molecule has 6 heteroatoms. The Bertz CT molecular complexity index is 345. The van der Waals surface area contributed by atoms with E-state index in [2.05, 4.69) is 4.98 Å². The molecule has 0 amide bonds. The summed E-state index contributed by atoms with van der Waals surface area (Å²) in [5.74, 6) is 0.172. The fourth-order valence-corrected chi connectivity index (χ4v) is 1.23. The molecule has 1 aromatic heterocycles. The number of aliphatic hydroxyl groups is 1. The highest BCUT2D eigenvalue weighted by atomic mass is 19.3. The molecule has 0 aliphatic carbocycles. The molecule has 3 N–H and O–H groups in total. The summed E-state index contributed by atoms with van der Waals surface area (Å²) in [7, 11) is 1.37. The standard InChI is InChI=1S/C9H12F2N2O2/c1-15-9-5(3-12)2-6(8(10)11)7(4-14)13-9/h2,8,14H,3-4,12H2,1H3. The van der Waals surface area contributed by atoms with E-state index in [0.29, 0.717) is 5.56 Å². The first kappa shape index (κ1) is 11.8. The summed E-state index contributed by atoms with van der Waals surface area (Å²) in [5, 5.41) is 8.87. The van der Waals surface area contributed by atoms with Crippen LogP contribution in [0.2, 0.25) is 0 Å². The number of ether oxygens (including phenoxy) is 1. The molecular formula is C9H12F2N2O2. The second-order valence-electron chi connectivity index (χ2n) is 2.86. The van der Waals surface area contributed by atoms with Gasteiger partial charge in [0.25, 0.3) is 6.43 Å². The zero-order chi connectivity index (χ0) is 11.4.